The monoisotopic (exact) mass is 410 g/mol. The molecule has 0 unspecified atom stereocenters. The molecule has 0 aliphatic carbocycles. The van der Waals surface area contributed by atoms with Crippen molar-refractivity contribution < 1.29 is 32.2 Å². The second kappa shape index (κ2) is 10.4. The van der Waals surface area contributed by atoms with Crippen molar-refractivity contribution in [3.63, 3.8) is 0 Å². The Bertz CT molecular complexity index is 860. The molecule has 0 fully saturated rings. The zero-order valence-corrected chi connectivity index (χ0v) is 16.0. The van der Waals surface area contributed by atoms with Crippen molar-refractivity contribution in [2.45, 2.75) is 13.3 Å². The van der Waals surface area contributed by atoms with E-state index in [9.17, 15) is 22.8 Å². The van der Waals surface area contributed by atoms with Crippen LogP contribution in [0, 0.1) is 17.5 Å². The first-order valence-electron chi connectivity index (χ1n) is 8.83. The van der Waals surface area contributed by atoms with Crippen molar-refractivity contribution in [2.24, 2.45) is 0 Å². The van der Waals surface area contributed by atoms with Crippen molar-refractivity contribution in [1.82, 2.24) is 4.90 Å². The summed E-state index contributed by atoms with van der Waals surface area (Å²) >= 11 is 0. The van der Waals surface area contributed by atoms with Crippen LogP contribution < -0.4 is 14.8 Å². The number of halogens is 3. The topological polar surface area (TPSA) is 67.9 Å². The van der Waals surface area contributed by atoms with Crippen molar-refractivity contribution in [3.05, 3.63) is 53.8 Å². The molecule has 1 N–H and O–H groups in total. The number of amides is 2. The minimum atomic E-state index is -1.68. The lowest BCUT2D eigenvalue weighted by Crippen LogP contribution is -2.41. The number of anilines is 1. The number of carbonyl (C=O) groups is 2. The van der Waals surface area contributed by atoms with Gasteiger partial charge in [-0.25, -0.2) is 13.2 Å². The minimum Gasteiger partial charge on any atom is -0.497 e. The van der Waals surface area contributed by atoms with Gasteiger partial charge in [-0.3, -0.25) is 9.59 Å². The second-order valence-electron chi connectivity index (χ2n) is 6.05. The van der Waals surface area contributed by atoms with Crippen LogP contribution in [0.15, 0.2) is 36.4 Å². The van der Waals surface area contributed by atoms with Crippen molar-refractivity contribution in [1.29, 1.82) is 0 Å². The highest BCUT2D eigenvalue weighted by atomic mass is 19.2. The quantitative estimate of drug-likeness (QED) is 0.644. The van der Waals surface area contributed by atoms with E-state index >= 15 is 0 Å². The fraction of sp³-hybridized carbons (Fsp3) is 0.300. The molecular weight excluding hydrogens is 389 g/mol. The normalized spacial score (nSPS) is 10.4. The van der Waals surface area contributed by atoms with Crippen LogP contribution in [0.3, 0.4) is 0 Å². The Morgan fingerprint density at radius 2 is 1.66 bits per heavy atom. The molecule has 2 amide bonds. The van der Waals surface area contributed by atoms with E-state index in [1.165, 1.54) is 12.0 Å². The SMILES string of the molecule is CCCN(CC(=O)Nc1ccc(F)c(F)c1F)C(=O)COc1ccc(OC)cc1. The van der Waals surface area contributed by atoms with E-state index in [1.54, 1.807) is 24.3 Å². The van der Waals surface area contributed by atoms with Gasteiger partial charge in [0.1, 0.15) is 11.5 Å². The number of carbonyl (C=O) groups excluding carboxylic acids is 2. The van der Waals surface area contributed by atoms with Gasteiger partial charge < -0.3 is 19.7 Å². The van der Waals surface area contributed by atoms with E-state index in [0.29, 0.717) is 24.0 Å². The van der Waals surface area contributed by atoms with Gasteiger partial charge in [-0.05, 0) is 42.8 Å². The molecular formula is C20H21F3N2O4. The molecule has 2 aromatic rings. The van der Waals surface area contributed by atoms with E-state index in [4.69, 9.17) is 9.47 Å². The molecule has 2 aromatic carbocycles. The van der Waals surface area contributed by atoms with Gasteiger partial charge in [0, 0.05) is 6.54 Å². The van der Waals surface area contributed by atoms with E-state index in [0.717, 1.165) is 6.07 Å². The summed E-state index contributed by atoms with van der Waals surface area (Å²) in [5.74, 6) is -4.67. The van der Waals surface area contributed by atoms with Gasteiger partial charge in [-0.1, -0.05) is 6.92 Å². The molecule has 0 saturated heterocycles. The third kappa shape index (κ3) is 6.13. The molecule has 9 heteroatoms. The maximum Gasteiger partial charge on any atom is 0.260 e. The van der Waals surface area contributed by atoms with Crippen molar-refractivity contribution in [3.8, 4) is 11.5 Å². The Labute approximate surface area is 166 Å². The van der Waals surface area contributed by atoms with E-state index in [2.05, 4.69) is 5.32 Å². The summed E-state index contributed by atoms with van der Waals surface area (Å²) in [5, 5.41) is 2.14. The highest BCUT2D eigenvalue weighted by Crippen LogP contribution is 2.20. The highest BCUT2D eigenvalue weighted by Gasteiger charge is 2.20. The van der Waals surface area contributed by atoms with Crippen LogP contribution in [-0.4, -0.2) is 43.5 Å². The van der Waals surface area contributed by atoms with Crippen LogP contribution in [0.1, 0.15) is 13.3 Å². The summed E-state index contributed by atoms with van der Waals surface area (Å²) in [6, 6.07) is 8.22. The molecule has 0 atom stereocenters. The molecule has 0 bridgehead atoms. The fourth-order valence-electron chi connectivity index (χ4n) is 2.46. The highest BCUT2D eigenvalue weighted by molar-refractivity contribution is 5.94. The number of methoxy groups -OCH3 is 1. The number of nitrogens with zero attached hydrogens (tertiary/aromatic N) is 1. The van der Waals surface area contributed by atoms with Crippen LogP contribution in [0.25, 0.3) is 0 Å². The zero-order chi connectivity index (χ0) is 21.4. The molecule has 0 saturated carbocycles. The number of hydrogen-bond donors (Lipinski definition) is 1. The van der Waals surface area contributed by atoms with Gasteiger partial charge in [-0.15, -0.1) is 0 Å². The number of nitrogens with one attached hydrogen (secondary N) is 1. The smallest absolute Gasteiger partial charge is 0.260 e. The van der Waals surface area contributed by atoms with E-state index in [-0.39, 0.29) is 13.2 Å². The van der Waals surface area contributed by atoms with Crippen LogP contribution in [0.5, 0.6) is 11.5 Å². The second-order valence-corrected chi connectivity index (χ2v) is 6.05. The average molecular weight is 410 g/mol. The van der Waals surface area contributed by atoms with Gasteiger partial charge in [0.15, 0.2) is 24.1 Å². The van der Waals surface area contributed by atoms with Gasteiger partial charge in [-0.2, -0.15) is 0 Å². The summed E-state index contributed by atoms with van der Waals surface area (Å²) in [5.41, 5.74) is -0.507. The van der Waals surface area contributed by atoms with Crippen molar-refractivity contribution in [2.75, 3.05) is 32.1 Å². The van der Waals surface area contributed by atoms with Crippen LogP contribution in [0.2, 0.25) is 0 Å². The van der Waals surface area contributed by atoms with Gasteiger partial charge in [0.05, 0.1) is 19.3 Å². The van der Waals surface area contributed by atoms with Crippen LogP contribution in [0.4, 0.5) is 18.9 Å². The van der Waals surface area contributed by atoms with Gasteiger partial charge in [0.25, 0.3) is 5.91 Å². The summed E-state index contributed by atoms with van der Waals surface area (Å²) in [7, 11) is 1.53. The number of hydrogen-bond acceptors (Lipinski definition) is 4. The van der Waals surface area contributed by atoms with E-state index < -0.39 is 41.5 Å². The summed E-state index contributed by atoms with van der Waals surface area (Å²) in [6.07, 6.45) is 0.571. The molecule has 0 aliphatic rings. The molecule has 0 spiro atoms. The number of benzene rings is 2. The zero-order valence-electron chi connectivity index (χ0n) is 16.0. The molecule has 0 heterocycles. The molecule has 2 rings (SSSR count). The van der Waals surface area contributed by atoms with E-state index in [1.807, 2.05) is 6.92 Å². The first-order valence-corrected chi connectivity index (χ1v) is 8.83. The lowest BCUT2D eigenvalue weighted by molar-refractivity contribution is -0.136. The first kappa shape index (κ1) is 22.1. The Morgan fingerprint density at radius 3 is 2.28 bits per heavy atom. The molecule has 0 aromatic heterocycles. The minimum absolute atomic E-state index is 0.262. The summed E-state index contributed by atoms with van der Waals surface area (Å²) in [4.78, 5) is 25.8. The Hall–Kier alpha value is -3.23. The third-order valence-corrected chi connectivity index (χ3v) is 3.91. The Morgan fingerprint density at radius 1 is 1.00 bits per heavy atom. The fourth-order valence-corrected chi connectivity index (χ4v) is 2.46. The van der Waals surface area contributed by atoms with Crippen molar-refractivity contribution >= 4 is 17.5 Å². The van der Waals surface area contributed by atoms with Crippen LogP contribution >= 0.6 is 0 Å². The Kier molecular flexibility index (Phi) is 7.88. The molecule has 29 heavy (non-hydrogen) atoms. The van der Waals surface area contributed by atoms with Gasteiger partial charge >= 0.3 is 0 Å². The lowest BCUT2D eigenvalue weighted by Gasteiger charge is -2.22. The lowest BCUT2D eigenvalue weighted by atomic mass is 10.2. The number of ether oxygens (including phenoxy) is 2. The molecule has 156 valence electrons. The largest absolute Gasteiger partial charge is 0.497 e. The molecule has 0 aliphatic heterocycles. The standard InChI is InChI=1S/C20H21F3N2O4/c1-3-10-25(18(27)12-29-14-6-4-13(28-2)5-7-14)11-17(26)24-16-9-8-15(21)19(22)20(16)23/h4-9H,3,10-12H2,1-2H3,(H,24,26). The number of rotatable bonds is 9. The predicted molar refractivity (Wildman–Crippen MR) is 100 cm³/mol. The molecule has 0 radical (unpaired) electrons. The van der Waals surface area contributed by atoms with Crippen LogP contribution in [-0.2, 0) is 9.59 Å². The maximum atomic E-state index is 13.7. The maximum absolute atomic E-state index is 13.7. The van der Waals surface area contributed by atoms with Gasteiger partial charge in [0.2, 0.25) is 5.91 Å². The predicted octanol–water partition coefficient (Wildman–Crippen LogP) is 3.37. The average Bonchev–Trinajstić information content (AvgIpc) is 2.72. The summed E-state index contributed by atoms with van der Waals surface area (Å²) in [6.45, 7) is 1.38. The summed E-state index contributed by atoms with van der Waals surface area (Å²) < 4.78 is 50.4. The third-order valence-electron chi connectivity index (χ3n) is 3.91. The Balaban J connectivity index is 1.96. The molecule has 6 nitrogen and oxygen atoms in total. The first-order chi connectivity index (χ1) is 13.8.